The third kappa shape index (κ3) is 2.46. The third-order valence-electron chi connectivity index (χ3n) is 4.16. The highest BCUT2D eigenvalue weighted by atomic mass is 16.5. The standard InChI is InChI=1S/C17H16N4O2/c1-11-18-16(23-20-11)15-7-4-10-21(15)17(22)14-9-8-12-5-2-3-6-13(12)19-14/h2-3,5-6,8-9,15H,4,7,10H2,1H3/t15-/m1/s1. The van der Waals surface area contributed by atoms with Crippen LogP contribution in [-0.4, -0.2) is 32.5 Å². The fraction of sp³-hybridized carbons (Fsp3) is 0.294. The molecule has 2 aromatic heterocycles. The van der Waals surface area contributed by atoms with Crippen LogP contribution in [0.1, 0.15) is 41.1 Å². The molecule has 1 aliphatic rings. The molecule has 6 heteroatoms. The lowest BCUT2D eigenvalue weighted by Gasteiger charge is -2.21. The molecule has 0 N–H and O–H groups in total. The van der Waals surface area contributed by atoms with E-state index < -0.39 is 0 Å². The molecule has 23 heavy (non-hydrogen) atoms. The van der Waals surface area contributed by atoms with E-state index in [4.69, 9.17) is 4.52 Å². The third-order valence-corrected chi connectivity index (χ3v) is 4.16. The highest BCUT2D eigenvalue weighted by Crippen LogP contribution is 2.32. The molecule has 4 rings (SSSR count). The number of aromatic nitrogens is 3. The maximum atomic E-state index is 12.9. The van der Waals surface area contributed by atoms with Crippen molar-refractivity contribution in [3.63, 3.8) is 0 Å². The smallest absolute Gasteiger partial charge is 0.273 e. The van der Waals surface area contributed by atoms with E-state index in [-0.39, 0.29) is 11.9 Å². The van der Waals surface area contributed by atoms with Gasteiger partial charge in [-0.2, -0.15) is 4.98 Å². The molecular formula is C17H16N4O2. The largest absolute Gasteiger partial charge is 0.337 e. The maximum Gasteiger partial charge on any atom is 0.273 e. The second-order valence-electron chi connectivity index (χ2n) is 5.73. The Labute approximate surface area is 133 Å². The van der Waals surface area contributed by atoms with Crippen LogP contribution in [0.4, 0.5) is 0 Å². The predicted octanol–water partition coefficient (Wildman–Crippen LogP) is 2.90. The topological polar surface area (TPSA) is 72.1 Å². The number of pyridine rings is 1. The van der Waals surface area contributed by atoms with Crippen molar-refractivity contribution in [2.45, 2.75) is 25.8 Å². The summed E-state index contributed by atoms with van der Waals surface area (Å²) in [5, 5.41) is 4.85. The van der Waals surface area contributed by atoms with Crippen LogP contribution in [0.15, 0.2) is 40.9 Å². The fourth-order valence-electron chi connectivity index (χ4n) is 3.05. The van der Waals surface area contributed by atoms with Gasteiger partial charge in [0.1, 0.15) is 11.7 Å². The number of benzene rings is 1. The Balaban J connectivity index is 1.66. The van der Waals surface area contributed by atoms with Crippen LogP contribution in [-0.2, 0) is 0 Å². The van der Waals surface area contributed by atoms with Gasteiger partial charge in [-0.25, -0.2) is 4.98 Å². The first kappa shape index (κ1) is 13.9. The average Bonchev–Trinajstić information content (AvgIpc) is 3.22. The number of likely N-dealkylation sites (tertiary alicyclic amines) is 1. The van der Waals surface area contributed by atoms with E-state index in [0.717, 1.165) is 23.7 Å². The number of rotatable bonds is 2. The number of hydrogen-bond donors (Lipinski definition) is 0. The Hall–Kier alpha value is -2.76. The van der Waals surface area contributed by atoms with Gasteiger partial charge in [-0.1, -0.05) is 29.4 Å². The van der Waals surface area contributed by atoms with E-state index in [9.17, 15) is 4.79 Å². The number of aryl methyl sites for hydroxylation is 1. The number of para-hydroxylation sites is 1. The minimum Gasteiger partial charge on any atom is -0.337 e. The summed E-state index contributed by atoms with van der Waals surface area (Å²) < 4.78 is 5.26. The normalized spacial score (nSPS) is 17.8. The summed E-state index contributed by atoms with van der Waals surface area (Å²) in [5.74, 6) is 1.01. The number of amides is 1. The van der Waals surface area contributed by atoms with Gasteiger partial charge in [0, 0.05) is 11.9 Å². The summed E-state index contributed by atoms with van der Waals surface area (Å²) in [5.41, 5.74) is 1.27. The van der Waals surface area contributed by atoms with Gasteiger partial charge in [0.2, 0.25) is 5.89 Å². The van der Waals surface area contributed by atoms with Crippen LogP contribution in [0.25, 0.3) is 10.9 Å². The van der Waals surface area contributed by atoms with Crippen LogP contribution in [0, 0.1) is 6.92 Å². The minimum absolute atomic E-state index is 0.0888. The summed E-state index contributed by atoms with van der Waals surface area (Å²) in [6.07, 6.45) is 1.76. The van der Waals surface area contributed by atoms with Gasteiger partial charge in [0.05, 0.1) is 5.52 Å². The first-order valence-electron chi connectivity index (χ1n) is 7.69. The Morgan fingerprint density at radius 3 is 2.91 bits per heavy atom. The SMILES string of the molecule is Cc1noc([C@H]2CCCN2C(=O)c2ccc3ccccc3n2)n1. The van der Waals surface area contributed by atoms with Crippen molar-refractivity contribution in [1.29, 1.82) is 0 Å². The quantitative estimate of drug-likeness (QED) is 0.728. The van der Waals surface area contributed by atoms with Crippen LogP contribution in [0.3, 0.4) is 0 Å². The number of fused-ring (bicyclic) bond motifs is 1. The Bertz CT molecular complexity index is 874. The molecule has 0 radical (unpaired) electrons. The van der Waals surface area contributed by atoms with Crippen LogP contribution in [0.5, 0.6) is 0 Å². The van der Waals surface area contributed by atoms with Crippen molar-refractivity contribution in [3.05, 3.63) is 53.8 Å². The lowest BCUT2D eigenvalue weighted by molar-refractivity contribution is 0.0704. The van der Waals surface area contributed by atoms with Crippen molar-refractivity contribution in [2.24, 2.45) is 0 Å². The molecule has 0 spiro atoms. The van der Waals surface area contributed by atoms with Gasteiger partial charge in [-0.05, 0) is 31.9 Å². The molecule has 116 valence electrons. The lowest BCUT2D eigenvalue weighted by Crippen LogP contribution is -2.31. The molecule has 0 bridgehead atoms. The maximum absolute atomic E-state index is 12.9. The molecule has 1 fully saturated rings. The summed E-state index contributed by atoms with van der Waals surface area (Å²) >= 11 is 0. The van der Waals surface area contributed by atoms with E-state index in [0.29, 0.717) is 24.0 Å². The van der Waals surface area contributed by atoms with Gasteiger partial charge < -0.3 is 9.42 Å². The van der Waals surface area contributed by atoms with Crippen molar-refractivity contribution in [3.8, 4) is 0 Å². The van der Waals surface area contributed by atoms with Crippen LogP contribution in [0.2, 0.25) is 0 Å². The highest BCUT2D eigenvalue weighted by Gasteiger charge is 2.34. The molecule has 1 amide bonds. The molecular weight excluding hydrogens is 292 g/mol. The molecule has 1 saturated heterocycles. The van der Waals surface area contributed by atoms with Crippen molar-refractivity contribution >= 4 is 16.8 Å². The highest BCUT2D eigenvalue weighted by molar-refractivity contribution is 5.95. The second kappa shape index (κ2) is 5.46. The number of carbonyl (C=O) groups excluding carboxylic acids is 1. The van der Waals surface area contributed by atoms with Gasteiger partial charge in [-0.15, -0.1) is 0 Å². The Morgan fingerprint density at radius 2 is 2.09 bits per heavy atom. The monoisotopic (exact) mass is 308 g/mol. The molecule has 3 aromatic rings. The van der Waals surface area contributed by atoms with E-state index in [1.807, 2.05) is 30.3 Å². The Morgan fingerprint density at radius 1 is 1.22 bits per heavy atom. The zero-order chi connectivity index (χ0) is 15.8. The molecule has 3 heterocycles. The predicted molar refractivity (Wildman–Crippen MR) is 83.8 cm³/mol. The molecule has 0 aliphatic carbocycles. The first-order chi connectivity index (χ1) is 11.2. The number of carbonyl (C=O) groups is 1. The summed E-state index contributed by atoms with van der Waals surface area (Å²) in [4.78, 5) is 23.4. The first-order valence-corrected chi connectivity index (χ1v) is 7.69. The average molecular weight is 308 g/mol. The fourth-order valence-corrected chi connectivity index (χ4v) is 3.05. The molecule has 1 aromatic carbocycles. The molecule has 1 aliphatic heterocycles. The van der Waals surface area contributed by atoms with E-state index >= 15 is 0 Å². The van der Waals surface area contributed by atoms with Gasteiger partial charge in [0.15, 0.2) is 5.82 Å². The van der Waals surface area contributed by atoms with Crippen molar-refractivity contribution in [1.82, 2.24) is 20.0 Å². The lowest BCUT2D eigenvalue weighted by atomic mass is 10.2. The van der Waals surface area contributed by atoms with E-state index in [1.54, 1.807) is 17.9 Å². The summed E-state index contributed by atoms with van der Waals surface area (Å²) in [6.45, 7) is 2.46. The Kier molecular flexibility index (Phi) is 3.29. The van der Waals surface area contributed by atoms with E-state index in [2.05, 4.69) is 15.1 Å². The van der Waals surface area contributed by atoms with Crippen molar-refractivity contribution in [2.75, 3.05) is 6.54 Å². The molecule has 0 unspecified atom stereocenters. The summed E-state index contributed by atoms with van der Waals surface area (Å²) in [7, 11) is 0. The van der Waals surface area contributed by atoms with Crippen molar-refractivity contribution < 1.29 is 9.32 Å². The minimum atomic E-state index is -0.156. The van der Waals surface area contributed by atoms with Crippen LogP contribution >= 0.6 is 0 Å². The van der Waals surface area contributed by atoms with E-state index in [1.165, 1.54) is 0 Å². The van der Waals surface area contributed by atoms with Gasteiger partial charge in [0.25, 0.3) is 5.91 Å². The van der Waals surface area contributed by atoms with Gasteiger partial charge in [-0.3, -0.25) is 4.79 Å². The second-order valence-corrected chi connectivity index (χ2v) is 5.73. The number of hydrogen-bond acceptors (Lipinski definition) is 5. The zero-order valence-corrected chi connectivity index (χ0v) is 12.8. The van der Waals surface area contributed by atoms with Crippen LogP contribution < -0.4 is 0 Å². The van der Waals surface area contributed by atoms with Gasteiger partial charge >= 0.3 is 0 Å². The molecule has 1 atom stereocenters. The molecule has 0 saturated carbocycles. The molecule has 6 nitrogen and oxygen atoms in total. The number of nitrogens with zero attached hydrogens (tertiary/aromatic N) is 4. The zero-order valence-electron chi connectivity index (χ0n) is 12.8. The summed E-state index contributed by atoms with van der Waals surface area (Å²) in [6, 6.07) is 11.3.